The van der Waals surface area contributed by atoms with E-state index in [1.807, 2.05) is 0 Å². The minimum atomic E-state index is -1.03. The second-order valence-electron chi connectivity index (χ2n) is 11.7. The van der Waals surface area contributed by atoms with Crippen LogP contribution in [0.5, 0.6) is 11.5 Å². The van der Waals surface area contributed by atoms with Crippen LogP contribution in [-0.2, 0) is 0 Å². The maximum atomic E-state index is 15.2. The van der Waals surface area contributed by atoms with Crippen molar-refractivity contribution in [3.63, 3.8) is 0 Å². The minimum Gasteiger partial charge on any atom is -0.491 e. The average Bonchev–Trinajstić information content (AvgIpc) is 3.00. The topological polar surface area (TPSA) is 18.5 Å². The van der Waals surface area contributed by atoms with Gasteiger partial charge in [0.25, 0.3) is 0 Å². The van der Waals surface area contributed by atoms with E-state index in [1.54, 1.807) is 31.2 Å². The summed E-state index contributed by atoms with van der Waals surface area (Å²) in [5, 5.41) is 0. The molecule has 0 spiro atoms. The van der Waals surface area contributed by atoms with Gasteiger partial charge in [0, 0.05) is 0 Å². The van der Waals surface area contributed by atoms with Crippen LogP contribution in [0.4, 0.5) is 26.3 Å². The lowest BCUT2D eigenvalue weighted by molar-refractivity contribution is 0.191. The molecule has 226 valence electrons. The van der Waals surface area contributed by atoms with Crippen molar-refractivity contribution in [3.8, 4) is 11.5 Å². The molecule has 0 amide bonds. The van der Waals surface area contributed by atoms with Crippen LogP contribution in [0.2, 0.25) is 0 Å². The zero-order valence-electron chi connectivity index (χ0n) is 23.9. The summed E-state index contributed by atoms with van der Waals surface area (Å²) in [4.78, 5) is 0. The first kappa shape index (κ1) is 30.3. The summed E-state index contributed by atoms with van der Waals surface area (Å²) in [5.41, 5.74) is 1.23. The van der Waals surface area contributed by atoms with Gasteiger partial charge in [-0.15, -0.1) is 0 Å². The van der Waals surface area contributed by atoms with Crippen molar-refractivity contribution >= 4 is 0 Å². The highest BCUT2D eigenvalue weighted by molar-refractivity contribution is 5.36. The Morgan fingerprint density at radius 3 is 1.40 bits per heavy atom. The molecular weight excluding hydrogens is 554 g/mol. The lowest BCUT2D eigenvalue weighted by Crippen LogP contribution is -2.20. The Balaban J connectivity index is 1.15. The molecule has 8 heteroatoms. The largest absolute Gasteiger partial charge is 0.491 e. The molecule has 2 saturated carbocycles. The Morgan fingerprint density at radius 2 is 0.929 bits per heavy atom. The van der Waals surface area contributed by atoms with Crippen molar-refractivity contribution < 1.29 is 35.8 Å². The summed E-state index contributed by atoms with van der Waals surface area (Å²) in [7, 11) is 0. The van der Waals surface area contributed by atoms with Crippen LogP contribution in [0, 0.1) is 47.7 Å². The van der Waals surface area contributed by atoms with E-state index in [4.69, 9.17) is 9.47 Å². The molecular formula is C34H36F6O2. The van der Waals surface area contributed by atoms with Crippen molar-refractivity contribution in [1.29, 1.82) is 0 Å². The van der Waals surface area contributed by atoms with E-state index in [1.165, 1.54) is 19.1 Å². The highest BCUT2D eigenvalue weighted by Gasteiger charge is 2.31. The van der Waals surface area contributed by atoms with Crippen molar-refractivity contribution in [1.82, 2.24) is 0 Å². The van der Waals surface area contributed by atoms with Crippen molar-refractivity contribution in [3.05, 3.63) is 93.6 Å². The lowest BCUT2D eigenvalue weighted by Gasteiger charge is -2.30. The van der Waals surface area contributed by atoms with E-state index in [0.717, 1.165) is 0 Å². The van der Waals surface area contributed by atoms with Gasteiger partial charge in [0.05, 0.1) is 13.2 Å². The van der Waals surface area contributed by atoms with E-state index in [2.05, 4.69) is 0 Å². The molecule has 0 atom stereocenters. The van der Waals surface area contributed by atoms with Gasteiger partial charge < -0.3 is 9.47 Å². The smallest absolute Gasteiger partial charge is 0.200 e. The molecule has 0 bridgehead atoms. The standard InChI is InChI=1S/C34H36F6O2/c1-3-41-27-16-14-25(31(37)33(27)39)22-9-11-23(12-10-22)26-15-17-28(34(40)32(26)38)42-18-20-5-7-21(8-6-20)24-13-4-19(2)29(35)30(24)36/h4,13-17,20-23H,3,5-12,18H2,1-2H3. The van der Waals surface area contributed by atoms with Crippen molar-refractivity contribution in [2.24, 2.45) is 5.92 Å². The van der Waals surface area contributed by atoms with Gasteiger partial charge in [0.15, 0.2) is 34.8 Å². The number of hydrogen-bond donors (Lipinski definition) is 0. The Morgan fingerprint density at radius 1 is 0.524 bits per heavy atom. The molecule has 0 aromatic heterocycles. The van der Waals surface area contributed by atoms with E-state index in [0.29, 0.717) is 56.9 Å². The first-order valence-corrected chi connectivity index (χ1v) is 14.8. The van der Waals surface area contributed by atoms with Gasteiger partial charge in [-0.05, 0) is 123 Å². The Bertz CT molecular complexity index is 1410. The fourth-order valence-electron chi connectivity index (χ4n) is 6.64. The molecule has 0 saturated heterocycles. The molecule has 2 aliphatic carbocycles. The first-order chi connectivity index (χ1) is 20.2. The van der Waals surface area contributed by atoms with Gasteiger partial charge in [0.2, 0.25) is 11.6 Å². The molecule has 0 unspecified atom stereocenters. The number of ether oxygens (including phenoxy) is 2. The van der Waals surface area contributed by atoms with Crippen LogP contribution >= 0.6 is 0 Å². The monoisotopic (exact) mass is 590 g/mol. The highest BCUT2D eigenvalue weighted by Crippen LogP contribution is 2.44. The van der Waals surface area contributed by atoms with Gasteiger partial charge in [0.1, 0.15) is 0 Å². The number of hydrogen-bond acceptors (Lipinski definition) is 2. The normalized spacial score (nSPS) is 22.7. The SMILES string of the molecule is CCOc1ccc(C2CCC(c3ccc(OCC4CCC(c5ccc(C)c(F)c5F)CC4)c(F)c3F)CC2)c(F)c1F. The summed E-state index contributed by atoms with van der Waals surface area (Å²) in [6.45, 7) is 3.67. The molecule has 42 heavy (non-hydrogen) atoms. The molecule has 3 aromatic carbocycles. The van der Waals surface area contributed by atoms with Crippen molar-refractivity contribution in [2.75, 3.05) is 13.2 Å². The summed E-state index contributed by atoms with van der Waals surface area (Å²) in [6.07, 6.45) is 4.84. The fourth-order valence-corrected chi connectivity index (χ4v) is 6.64. The van der Waals surface area contributed by atoms with Gasteiger partial charge in [-0.3, -0.25) is 0 Å². The summed E-state index contributed by atoms with van der Waals surface area (Å²) >= 11 is 0. The molecule has 0 radical (unpaired) electrons. The third-order valence-electron chi connectivity index (χ3n) is 9.13. The fraction of sp³-hybridized carbons (Fsp3) is 0.471. The zero-order chi connectivity index (χ0) is 30.0. The Labute approximate surface area is 243 Å². The number of aryl methyl sites for hydroxylation is 1. The third-order valence-corrected chi connectivity index (χ3v) is 9.13. The Kier molecular flexibility index (Phi) is 9.38. The molecule has 5 rings (SSSR count). The summed E-state index contributed by atoms with van der Waals surface area (Å²) < 4.78 is 98.5. The quantitative estimate of drug-likeness (QED) is 0.243. The van der Waals surface area contributed by atoms with Crippen LogP contribution in [0.15, 0.2) is 36.4 Å². The van der Waals surface area contributed by atoms with E-state index in [9.17, 15) is 17.6 Å². The lowest BCUT2D eigenvalue weighted by atomic mass is 9.76. The second kappa shape index (κ2) is 13.0. The first-order valence-electron chi connectivity index (χ1n) is 14.8. The van der Waals surface area contributed by atoms with E-state index >= 15 is 8.78 Å². The second-order valence-corrected chi connectivity index (χ2v) is 11.7. The van der Waals surface area contributed by atoms with Crippen LogP contribution in [0.25, 0.3) is 0 Å². The molecule has 2 aliphatic rings. The van der Waals surface area contributed by atoms with Gasteiger partial charge in [-0.25, -0.2) is 17.6 Å². The number of halogens is 6. The average molecular weight is 591 g/mol. The van der Waals surface area contributed by atoms with Gasteiger partial charge in [-0.1, -0.05) is 24.3 Å². The van der Waals surface area contributed by atoms with Crippen molar-refractivity contribution in [2.45, 2.75) is 83.0 Å². The maximum Gasteiger partial charge on any atom is 0.200 e. The molecule has 2 nitrogen and oxygen atoms in total. The molecule has 3 aromatic rings. The third kappa shape index (κ3) is 6.13. The predicted octanol–water partition coefficient (Wildman–Crippen LogP) is 10.0. The van der Waals surface area contributed by atoms with Crippen LogP contribution in [0.3, 0.4) is 0 Å². The number of benzene rings is 3. The van der Waals surface area contributed by atoms with E-state index in [-0.39, 0.29) is 65.1 Å². The number of rotatable bonds is 8. The molecule has 0 heterocycles. The summed E-state index contributed by atoms with van der Waals surface area (Å²) in [6, 6.07) is 9.25. The maximum absolute atomic E-state index is 15.2. The van der Waals surface area contributed by atoms with E-state index < -0.39 is 34.9 Å². The summed E-state index contributed by atoms with van der Waals surface area (Å²) in [5.74, 6) is -6.13. The minimum absolute atomic E-state index is 0.0788. The molecule has 0 N–H and O–H groups in total. The van der Waals surface area contributed by atoms with Crippen LogP contribution in [-0.4, -0.2) is 13.2 Å². The highest BCUT2D eigenvalue weighted by atomic mass is 19.2. The zero-order valence-corrected chi connectivity index (χ0v) is 23.9. The van der Waals surface area contributed by atoms with Crippen LogP contribution < -0.4 is 9.47 Å². The van der Waals surface area contributed by atoms with Gasteiger partial charge >= 0.3 is 0 Å². The predicted molar refractivity (Wildman–Crippen MR) is 149 cm³/mol. The van der Waals surface area contributed by atoms with Gasteiger partial charge in [-0.2, -0.15) is 8.78 Å². The molecule has 0 aliphatic heterocycles. The van der Waals surface area contributed by atoms with Crippen LogP contribution in [0.1, 0.15) is 98.3 Å². The molecule has 2 fully saturated rings. The Hall–Kier alpha value is -3.16.